The fourth-order valence-corrected chi connectivity index (χ4v) is 1.20. The molecule has 0 aliphatic heterocycles. The highest BCUT2D eigenvalue weighted by atomic mass is 16.2. The molecule has 1 aromatic rings. The van der Waals surface area contributed by atoms with Crippen LogP contribution < -0.4 is 16.4 Å². The van der Waals surface area contributed by atoms with Crippen LogP contribution in [-0.2, 0) is 4.79 Å². The summed E-state index contributed by atoms with van der Waals surface area (Å²) in [7, 11) is 0. The summed E-state index contributed by atoms with van der Waals surface area (Å²) in [5.74, 6) is -0.515. The lowest BCUT2D eigenvalue weighted by Gasteiger charge is -2.05. The average Bonchev–Trinajstić information content (AvgIpc) is 2.26. The van der Waals surface area contributed by atoms with E-state index in [0.29, 0.717) is 17.8 Å². The molecule has 0 spiro atoms. The molecule has 0 aromatic heterocycles. The lowest BCUT2D eigenvalue weighted by atomic mass is 10.2. The highest BCUT2D eigenvalue weighted by molar-refractivity contribution is 5.97. The second-order valence-corrected chi connectivity index (χ2v) is 3.26. The van der Waals surface area contributed by atoms with E-state index in [2.05, 4.69) is 10.6 Å². The predicted molar refractivity (Wildman–Crippen MR) is 61.9 cm³/mol. The van der Waals surface area contributed by atoms with Crippen LogP contribution in [-0.4, -0.2) is 24.9 Å². The van der Waals surface area contributed by atoms with Crippen LogP contribution in [0, 0.1) is 0 Å². The largest absolute Gasteiger partial charge is 0.399 e. The molecule has 0 aliphatic rings. The molecule has 16 heavy (non-hydrogen) atoms. The molecule has 5 nitrogen and oxygen atoms in total. The van der Waals surface area contributed by atoms with Crippen LogP contribution in [0.25, 0.3) is 0 Å². The van der Waals surface area contributed by atoms with Gasteiger partial charge in [-0.2, -0.15) is 0 Å². The Hall–Kier alpha value is -2.04. The highest BCUT2D eigenvalue weighted by Gasteiger charge is 2.07. The maximum atomic E-state index is 11.6. The number of nitrogen functional groups attached to an aromatic ring is 1. The van der Waals surface area contributed by atoms with Crippen LogP contribution in [0.1, 0.15) is 17.3 Å². The summed E-state index contributed by atoms with van der Waals surface area (Å²) in [6.07, 6.45) is 0. The van der Waals surface area contributed by atoms with Crippen molar-refractivity contribution < 1.29 is 9.59 Å². The minimum absolute atomic E-state index is 0.0263. The van der Waals surface area contributed by atoms with E-state index in [1.807, 2.05) is 6.92 Å². The van der Waals surface area contributed by atoms with Gasteiger partial charge in [-0.25, -0.2) is 0 Å². The Balaban J connectivity index is 2.50. The third-order valence-electron chi connectivity index (χ3n) is 1.93. The molecule has 0 heterocycles. The third kappa shape index (κ3) is 3.61. The Morgan fingerprint density at radius 2 is 2.06 bits per heavy atom. The van der Waals surface area contributed by atoms with E-state index < -0.39 is 0 Å². The number of hydrogen-bond donors (Lipinski definition) is 3. The molecule has 0 fully saturated rings. The van der Waals surface area contributed by atoms with Crippen LogP contribution in [0.2, 0.25) is 0 Å². The van der Waals surface area contributed by atoms with Crippen molar-refractivity contribution in [2.45, 2.75) is 6.92 Å². The zero-order valence-electron chi connectivity index (χ0n) is 9.12. The van der Waals surface area contributed by atoms with Gasteiger partial charge in [0.25, 0.3) is 5.91 Å². The number of likely N-dealkylation sites (N-methyl/N-ethyl adjacent to an activating group) is 1. The van der Waals surface area contributed by atoms with Crippen molar-refractivity contribution >= 4 is 17.5 Å². The summed E-state index contributed by atoms with van der Waals surface area (Å²) >= 11 is 0. The first-order valence-electron chi connectivity index (χ1n) is 5.04. The second-order valence-electron chi connectivity index (χ2n) is 3.26. The van der Waals surface area contributed by atoms with Crippen molar-refractivity contribution in [2.24, 2.45) is 0 Å². The summed E-state index contributed by atoms with van der Waals surface area (Å²) in [4.78, 5) is 22.7. The quantitative estimate of drug-likeness (QED) is 0.632. The molecule has 0 radical (unpaired) electrons. The topological polar surface area (TPSA) is 84.2 Å². The third-order valence-corrected chi connectivity index (χ3v) is 1.93. The smallest absolute Gasteiger partial charge is 0.251 e. The zero-order valence-corrected chi connectivity index (χ0v) is 9.12. The minimum Gasteiger partial charge on any atom is -0.399 e. The molecule has 0 unspecified atom stereocenters. The van der Waals surface area contributed by atoms with Gasteiger partial charge in [0.15, 0.2) is 0 Å². The van der Waals surface area contributed by atoms with Gasteiger partial charge in [-0.05, 0) is 25.1 Å². The molecule has 2 amide bonds. The number of nitrogens with one attached hydrogen (secondary N) is 2. The number of amides is 2. The van der Waals surface area contributed by atoms with E-state index in [1.54, 1.807) is 24.3 Å². The van der Waals surface area contributed by atoms with Gasteiger partial charge in [0.05, 0.1) is 6.54 Å². The van der Waals surface area contributed by atoms with Gasteiger partial charge in [-0.1, -0.05) is 6.07 Å². The molecule has 0 saturated carbocycles. The van der Waals surface area contributed by atoms with Crippen molar-refractivity contribution in [1.82, 2.24) is 10.6 Å². The standard InChI is InChI=1S/C11H15N3O2/c1-2-13-10(15)7-14-11(16)8-4-3-5-9(12)6-8/h3-6H,2,7,12H2,1H3,(H,13,15)(H,14,16). The van der Waals surface area contributed by atoms with Crippen LogP contribution in [0.15, 0.2) is 24.3 Å². The van der Waals surface area contributed by atoms with E-state index in [4.69, 9.17) is 5.73 Å². The number of carbonyl (C=O) groups excluding carboxylic acids is 2. The van der Waals surface area contributed by atoms with Gasteiger partial charge in [0.1, 0.15) is 0 Å². The SMILES string of the molecule is CCNC(=O)CNC(=O)c1cccc(N)c1. The molecule has 1 aromatic carbocycles. The Bertz CT molecular complexity index is 391. The van der Waals surface area contributed by atoms with Gasteiger partial charge < -0.3 is 16.4 Å². The molecule has 4 N–H and O–H groups in total. The Kier molecular flexibility index (Phi) is 4.32. The van der Waals surface area contributed by atoms with Crippen LogP contribution in [0.5, 0.6) is 0 Å². The molecular formula is C11H15N3O2. The number of anilines is 1. The first kappa shape index (κ1) is 12.0. The number of nitrogens with two attached hydrogens (primary N) is 1. The van der Waals surface area contributed by atoms with Crippen molar-refractivity contribution in [3.63, 3.8) is 0 Å². The van der Waals surface area contributed by atoms with Crippen molar-refractivity contribution in [2.75, 3.05) is 18.8 Å². The van der Waals surface area contributed by atoms with E-state index in [1.165, 1.54) is 0 Å². The lowest BCUT2D eigenvalue weighted by Crippen LogP contribution is -2.36. The first-order valence-corrected chi connectivity index (χ1v) is 5.04. The highest BCUT2D eigenvalue weighted by Crippen LogP contribution is 2.05. The van der Waals surface area contributed by atoms with Gasteiger partial charge in [-0.15, -0.1) is 0 Å². The lowest BCUT2D eigenvalue weighted by molar-refractivity contribution is -0.120. The molecule has 0 atom stereocenters. The van der Waals surface area contributed by atoms with Crippen LogP contribution >= 0.6 is 0 Å². The summed E-state index contributed by atoms with van der Waals surface area (Å²) < 4.78 is 0. The summed E-state index contributed by atoms with van der Waals surface area (Å²) in [6.45, 7) is 2.34. The van der Waals surface area contributed by atoms with Gasteiger partial charge in [0, 0.05) is 17.8 Å². The van der Waals surface area contributed by atoms with Crippen molar-refractivity contribution in [1.29, 1.82) is 0 Å². The summed E-state index contributed by atoms with van der Waals surface area (Å²) in [5, 5.41) is 5.09. The van der Waals surface area contributed by atoms with E-state index in [9.17, 15) is 9.59 Å². The normalized spacial score (nSPS) is 9.56. The number of carbonyl (C=O) groups is 2. The van der Waals surface area contributed by atoms with Crippen molar-refractivity contribution in [3.05, 3.63) is 29.8 Å². The molecule has 5 heteroatoms. The van der Waals surface area contributed by atoms with Gasteiger partial charge in [-0.3, -0.25) is 9.59 Å². The Labute approximate surface area is 94.0 Å². The minimum atomic E-state index is -0.307. The van der Waals surface area contributed by atoms with E-state index in [0.717, 1.165) is 0 Å². The number of hydrogen-bond acceptors (Lipinski definition) is 3. The zero-order chi connectivity index (χ0) is 12.0. The fraction of sp³-hybridized carbons (Fsp3) is 0.273. The predicted octanol–water partition coefficient (Wildman–Crippen LogP) is 0.135. The molecule has 0 saturated heterocycles. The number of benzene rings is 1. The van der Waals surface area contributed by atoms with Crippen molar-refractivity contribution in [3.8, 4) is 0 Å². The molecule has 0 aliphatic carbocycles. The average molecular weight is 221 g/mol. The molecule has 1 rings (SSSR count). The summed E-state index contributed by atoms with van der Waals surface area (Å²) in [6, 6.07) is 6.59. The Morgan fingerprint density at radius 1 is 1.31 bits per heavy atom. The molecule has 0 bridgehead atoms. The summed E-state index contributed by atoms with van der Waals surface area (Å²) in [5.41, 5.74) is 6.51. The maximum Gasteiger partial charge on any atom is 0.251 e. The van der Waals surface area contributed by atoms with Gasteiger partial charge in [0.2, 0.25) is 5.91 Å². The fourth-order valence-electron chi connectivity index (χ4n) is 1.20. The Morgan fingerprint density at radius 3 is 2.69 bits per heavy atom. The maximum absolute atomic E-state index is 11.6. The van der Waals surface area contributed by atoms with E-state index in [-0.39, 0.29) is 18.4 Å². The van der Waals surface area contributed by atoms with Gasteiger partial charge >= 0.3 is 0 Å². The number of rotatable bonds is 4. The molecular weight excluding hydrogens is 206 g/mol. The van der Waals surface area contributed by atoms with E-state index >= 15 is 0 Å². The monoisotopic (exact) mass is 221 g/mol. The molecule has 86 valence electrons. The second kappa shape index (κ2) is 5.75. The van der Waals surface area contributed by atoms with Crippen LogP contribution in [0.4, 0.5) is 5.69 Å². The van der Waals surface area contributed by atoms with Crippen LogP contribution in [0.3, 0.4) is 0 Å². The first-order chi connectivity index (χ1) is 7.63.